The van der Waals surface area contributed by atoms with E-state index in [0.717, 1.165) is 0 Å². The minimum absolute atomic E-state index is 0.0569. The van der Waals surface area contributed by atoms with Gasteiger partial charge in [-0.25, -0.2) is 4.39 Å². The fraction of sp³-hybridized carbons (Fsp3) is 0.583. The van der Waals surface area contributed by atoms with Gasteiger partial charge in [0, 0.05) is 0 Å². The maximum absolute atomic E-state index is 13.7. The Kier molecular flexibility index (Phi) is 8.08. The van der Waals surface area contributed by atoms with E-state index in [-0.39, 0.29) is 24.1 Å². The van der Waals surface area contributed by atoms with Crippen LogP contribution in [0.5, 0.6) is 0 Å². The van der Waals surface area contributed by atoms with Crippen molar-refractivity contribution >= 4 is 20.3 Å². The molecular weight excluding hydrogens is 415 g/mol. The summed E-state index contributed by atoms with van der Waals surface area (Å²) >= 11 is 0. The molecule has 1 aromatic carbocycles. The third-order valence-electron chi connectivity index (χ3n) is 6.23. The van der Waals surface area contributed by atoms with E-state index in [1.807, 2.05) is 6.08 Å². The van der Waals surface area contributed by atoms with Crippen LogP contribution < -0.4 is 0 Å². The highest BCUT2D eigenvalue weighted by molar-refractivity contribution is 6.74. The minimum atomic E-state index is -2.24. The molecule has 0 heterocycles. The summed E-state index contributed by atoms with van der Waals surface area (Å²) in [5.74, 6) is -2.69. The van der Waals surface area contributed by atoms with Gasteiger partial charge < -0.3 is 13.9 Å². The third-order valence-corrected chi connectivity index (χ3v) is 10.6. The molecule has 0 amide bonds. The summed E-state index contributed by atoms with van der Waals surface area (Å²) in [7, 11) is -2.24. The maximum atomic E-state index is 13.7. The Balaban J connectivity index is 2.60. The van der Waals surface area contributed by atoms with Gasteiger partial charge in [0.25, 0.3) is 0 Å². The first-order valence-corrected chi connectivity index (χ1v) is 13.8. The van der Waals surface area contributed by atoms with Crippen LogP contribution in [0.15, 0.2) is 36.1 Å². The predicted octanol–water partition coefficient (Wildman–Crippen LogP) is 5.58. The largest absolute Gasteiger partial charge is 0.546 e. The van der Waals surface area contributed by atoms with E-state index < -0.39 is 38.0 Å². The van der Waals surface area contributed by atoms with Crippen LogP contribution in [-0.4, -0.2) is 33.5 Å². The standard InChI is InChI=1S/C24H35FO5Si/c1-8-28-22(26)18-14-15-19(30-31(6,7)24(3,4)5)20(21(18)23(27)29-9-2)16-10-12-17(25)13-11-16/h10-13,15,18,20-21H,8-9,14H2,1-7H3. The number of hydrogen-bond donors (Lipinski definition) is 0. The molecule has 3 atom stereocenters. The van der Waals surface area contributed by atoms with Crippen molar-refractivity contribution in [2.45, 2.75) is 65.1 Å². The summed E-state index contributed by atoms with van der Waals surface area (Å²) in [5, 5.41) is -0.0569. The number of rotatable bonds is 7. The second-order valence-corrected chi connectivity index (χ2v) is 14.1. The Morgan fingerprint density at radius 1 is 1.03 bits per heavy atom. The molecule has 0 aliphatic heterocycles. The lowest BCUT2D eigenvalue weighted by molar-refractivity contribution is -0.161. The predicted molar refractivity (Wildman–Crippen MR) is 120 cm³/mol. The van der Waals surface area contributed by atoms with Crippen LogP contribution in [0.25, 0.3) is 0 Å². The van der Waals surface area contributed by atoms with Gasteiger partial charge in [0.05, 0.1) is 36.7 Å². The second-order valence-electron chi connectivity index (χ2n) is 9.37. The van der Waals surface area contributed by atoms with Crippen molar-refractivity contribution < 1.29 is 27.9 Å². The molecule has 0 saturated carbocycles. The summed E-state index contributed by atoms with van der Waals surface area (Å²) in [4.78, 5) is 25.8. The topological polar surface area (TPSA) is 61.8 Å². The van der Waals surface area contributed by atoms with E-state index >= 15 is 0 Å². The molecule has 31 heavy (non-hydrogen) atoms. The van der Waals surface area contributed by atoms with Crippen LogP contribution in [0.3, 0.4) is 0 Å². The first-order valence-electron chi connectivity index (χ1n) is 10.9. The number of benzene rings is 1. The first-order chi connectivity index (χ1) is 14.4. The second kappa shape index (κ2) is 9.98. The van der Waals surface area contributed by atoms with Crippen molar-refractivity contribution in [2.75, 3.05) is 13.2 Å². The normalized spacial score (nSPS) is 21.8. The molecule has 0 radical (unpaired) electrons. The van der Waals surface area contributed by atoms with Crippen LogP contribution in [0.4, 0.5) is 4.39 Å². The highest BCUT2D eigenvalue weighted by Crippen LogP contribution is 2.47. The molecule has 2 rings (SSSR count). The number of esters is 2. The average Bonchev–Trinajstić information content (AvgIpc) is 2.67. The van der Waals surface area contributed by atoms with E-state index in [0.29, 0.717) is 17.7 Å². The third kappa shape index (κ3) is 5.76. The highest BCUT2D eigenvalue weighted by Gasteiger charge is 2.49. The van der Waals surface area contributed by atoms with E-state index in [9.17, 15) is 14.0 Å². The Bertz CT molecular complexity index is 810. The van der Waals surface area contributed by atoms with E-state index in [1.165, 1.54) is 12.1 Å². The Labute approximate surface area is 186 Å². The number of allylic oxidation sites excluding steroid dienone is 2. The first kappa shape index (κ1) is 25.1. The monoisotopic (exact) mass is 450 g/mol. The number of carbonyl (C=O) groups is 2. The van der Waals surface area contributed by atoms with E-state index in [2.05, 4.69) is 33.9 Å². The van der Waals surface area contributed by atoms with Gasteiger partial charge in [-0.1, -0.05) is 32.9 Å². The van der Waals surface area contributed by atoms with Gasteiger partial charge >= 0.3 is 11.9 Å². The van der Waals surface area contributed by atoms with Crippen molar-refractivity contribution in [3.63, 3.8) is 0 Å². The molecule has 0 N–H and O–H groups in total. The summed E-state index contributed by atoms with van der Waals surface area (Å²) in [6, 6.07) is 6.00. The molecule has 5 nitrogen and oxygen atoms in total. The lowest BCUT2D eigenvalue weighted by atomic mass is 9.71. The molecular formula is C24H35FO5Si. The summed E-state index contributed by atoms with van der Waals surface area (Å²) < 4.78 is 30.9. The maximum Gasteiger partial charge on any atom is 0.310 e. The van der Waals surface area contributed by atoms with Crippen molar-refractivity contribution in [1.29, 1.82) is 0 Å². The van der Waals surface area contributed by atoms with Gasteiger partial charge in [-0.3, -0.25) is 9.59 Å². The zero-order valence-corrected chi connectivity index (χ0v) is 20.7. The van der Waals surface area contributed by atoms with Gasteiger partial charge in [-0.05, 0) is 62.2 Å². The number of hydrogen-bond acceptors (Lipinski definition) is 5. The average molecular weight is 451 g/mol. The smallest absolute Gasteiger partial charge is 0.310 e. The molecule has 0 fully saturated rings. The molecule has 172 valence electrons. The fourth-order valence-electron chi connectivity index (χ4n) is 3.55. The molecule has 7 heteroatoms. The van der Waals surface area contributed by atoms with Gasteiger partial charge in [0.2, 0.25) is 8.32 Å². The Morgan fingerprint density at radius 3 is 2.10 bits per heavy atom. The van der Waals surface area contributed by atoms with Gasteiger partial charge in [-0.15, -0.1) is 0 Å². The lowest BCUT2D eigenvalue weighted by Gasteiger charge is -2.42. The summed E-state index contributed by atoms with van der Waals surface area (Å²) in [6.45, 7) is 14.6. The molecule has 0 spiro atoms. The highest BCUT2D eigenvalue weighted by atomic mass is 28.4. The van der Waals surface area contributed by atoms with E-state index in [4.69, 9.17) is 13.9 Å². The fourth-order valence-corrected chi connectivity index (χ4v) is 4.66. The zero-order valence-electron chi connectivity index (χ0n) is 19.7. The molecule has 1 aliphatic rings. The Hall–Kier alpha value is -2.15. The van der Waals surface area contributed by atoms with Crippen molar-refractivity contribution in [3.8, 4) is 0 Å². The van der Waals surface area contributed by atoms with Crippen LogP contribution >= 0.6 is 0 Å². The van der Waals surface area contributed by atoms with Crippen LogP contribution in [-0.2, 0) is 23.5 Å². The van der Waals surface area contributed by atoms with Gasteiger partial charge in [0.1, 0.15) is 5.82 Å². The molecule has 1 aromatic rings. The summed E-state index contributed by atoms with van der Waals surface area (Å²) in [5.41, 5.74) is 0.707. The zero-order chi connectivity index (χ0) is 23.4. The SMILES string of the molecule is CCOC(=O)C1CC=C(O[Si](C)(C)C(C)(C)C)C(c2ccc(F)cc2)C1C(=O)OCC. The van der Waals surface area contributed by atoms with Gasteiger partial charge in [0.15, 0.2) is 0 Å². The van der Waals surface area contributed by atoms with E-state index in [1.54, 1.807) is 26.0 Å². The van der Waals surface area contributed by atoms with Crippen LogP contribution in [0.1, 0.15) is 52.5 Å². The molecule has 3 unspecified atom stereocenters. The van der Waals surface area contributed by atoms with Crippen molar-refractivity contribution in [2.24, 2.45) is 11.8 Å². The molecule has 0 bridgehead atoms. The number of halogens is 1. The summed E-state index contributed by atoms with van der Waals surface area (Å²) in [6.07, 6.45) is 2.22. The van der Waals surface area contributed by atoms with Gasteiger partial charge in [-0.2, -0.15) is 0 Å². The minimum Gasteiger partial charge on any atom is -0.546 e. The number of ether oxygens (including phenoxy) is 2. The molecule has 0 aromatic heterocycles. The lowest BCUT2D eigenvalue weighted by Crippen LogP contribution is -2.45. The number of carbonyl (C=O) groups excluding carboxylic acids is 2. The van der Waals surface area contributed by atoms with Crippen molar-refractivity contribution in [1.82, 2.24) is 0 Å². The quantitative estimate of drug-likeness (QED) is 0.401. The Morgan fingerprint density at radius 2 is 1.58 bits per heavy atom. The van der Waals surface area contributed by atoms with Crippen LogP contribution in [0, 0.1) is 17.7 Å². The van der Waals surface area contributed by atoms with Crippen molar-refractivity contribution in [3.05, 3.63) is 47.5 Å². The molecule has 1 aliphatic carbocycles. The van der Waals surface area contributed by atoms with Crippen LogP contribution in [0.2, 0.25) is 18.1 Å². The molecule has 0 saturated heterocycles.